The molecule has 1 heterocycles. The highest BCUT2D eigenvalue weighted by Crippen LogP contribution is 2.34. The lowest BCUT2D eigenvalue weighted by Gasteiger charge is -2.29. The van der Waals surface area contributed by atoms with Gasteiger partial charge in [0, 0.05) is 43.7 Å². The van der Waals surface area contributed by atoms with E-state index in [1.807, 2.05) is 11.3 Å². The quantitative estimate of drug-likeness (QED) is 0.718. The van der Waals surface area contributed by atoms with Crippen LogP contribution in [0.25, 0.3) is 0 Å². The van der Waals surface area contributed by atoms with Crippen molar-refractivity contribution >= 4 is 11.3 Å². The molecule has 2 unspecified atom stereocenters. The summed E-state index contributed by atoms with van der Waals surface area (Å²) in [6.07, 6.45) is 2.81. The van der Waals surface area contributed by atoms with Crippen LogP contribution < -0.4 is 5.32 Å². The van der Waals surface area contributed by atoms with Crippen LogP contribution in [0.15, 0.2) is 17.5 Å². The molecule has 0 aromatic carbocycles. The van der Waals surface area contributed by atoms with Crippen LogP contribution in [-0.4, -0.2) is 44.3 Å². The van der Waals surface area contributed by atoms with Crippen molar-refractivity contribution in [2.75, 3.05) is 33.4 Å². The molecule has 0 spiro atoms. The zero-order valence-corrected chi connectivity index (χ0v) is 13.8. The first-order chi connectivity index (χ1) is 9.72. The second kappa shape index (κ2) is 8.13. The van der Waals surface area contributed by atoms with E-state index in [1.54, 1.807) is 7.11 Å². The molecule has 1 aliphatic carbocycles. The Morgan fingerprint density at radius 3 is 2.80 bits per heavy atom. The SMILES string of the molecule is COCCN(CCNC(C)c1cccs1)C(C)C1CC1. The van der Waals surface area contributed by atoms with Crippen LogP contribution in [0.5, 0.6) is 0 Å². The summed E-state index contributed by atoms with van der Waals surface area (Å²) in [5, 5.41) is 5.78. The Morgan fingerprint density at radius 1 is 1.40 bits per heavy atom. The Balaban J connectivity index is 1.73. The molecule has 1 aliphatic rings. The molecule has 4 heteroatoms. The standard InChI is InChI=1S/C16H28N2OS/c1-13(16-5-4-12-20-16)17-8-9-18(10-11-19-3)14(2)15-6-7-15/h4-5,12-15,17H,6-11H2,1-3H3. The summed E-state index contributed by atoms with van der Waals surface area (Å²) >= 11 is 1.83. The van der Waals surface area contributed by atoms with E-state index in [0.717, 1.165) is 32.2 Å². The van der Waals surface area contributed by atoms with Gasteiger partial charge >= 0.3 is 0 Å². The monoisotopic (exact) mass is 296 g/mol. The second-order valence-electron chi connectivity index (χ2n) is 5.80. The van der Waals surface area contributed by atoms with E-state index in [0.29, 0.717) is 12.1 Å². The largest absolute Gasteiger partial charge is 0.383 e. The van der Waals surface area contributed by atoms with Gasteiger partial charge in [-0.05, 0) is 44.1 Å². The van der Waals surface area contributed by atoms with Gasteiger partial charge in [0.1, 0.15) is 0 Å². The fourth-order valence-electron chi connectivity index (χ4n) is 2.67. The summed E-state index contributed by atoms with van der Waals surface area (Å²) in [7, 11) is 1.79. The van der Waals surface area contributed by atoms with Crippen LogP contribution in [-0.2, 0) is 4.74 Å². The van der Waals surface area contributed by atoms with Crippen LogP contribution in [0.4, 0.5) is 0 Å². The molecule has 20 heavy (non-hydrogen) atoms. The van der Waals surface area contributed by atoms with E-state index in [2.05, 4.69) is 41.6 Å². The molecule has 1 aromatic heterocycles. The Kier molecular flexibility index (Phi) is 6.49. The van der Waals surface area contributed by atoms with Gasteiger partial charge in [0.2, 0.25) is 0 Å². The fraction of sp³-hybridized carbons (Fsp3) is 0.750. The number of rotatable bonds is 10. The van der Waals surface area contributed by atoms with E-state index in [-0.39, 0.29) is 0 Å². The van der Waals surface area contributed by atoms with Gasteiger partial charge in [-0.25, -0.2) is 0 Å². The smallest absolute Gasteiger partial charge is 0.0589 e. The van der Waals surface area contributed by atoms with Gasteiger partial charge in [-0.2, -0.15) is 0 Å². The highest BCUT2D eigenvalue weighted by atomic mass is 32.1. The van der Waals surface area contributed by atoms with Crippen LogP contribution in [0.3, 0.4) is 0 Å². The number of hydrogen-bond donors (Lipinski definition) is 1. The third kappa shape index (κ3) is 4.85. The number of ether oxygens (including phenoxy) is 1. The van der Waals surface area contributed by atoms with Crippen molar-refractivity contribution < 1.29 is 4.74 Å². The molecule has 0 aliphatic heterocycles. The molecule has 2 rings (SSSR count). The van der Waals surface area contributed by atoms with E-state index in [4.69, 9.17) is 4.74 Å². The Morgan fingerprint density at radius 2 is 2.20 bits per heavy atom. The maximum atomic E-state index is 5.25. The lowest BCUT2D eigenvalue weighted by molar-refractivity contribution is 0.117. The maximum absolute atomic E-state index is 5.25. The summed E-state index contributed by atoms with van der Waals surface area (Å²) in [5.41, 5.74) is 0. The van der Waals surface area contributed by atoms with Crippen molar-refractivity contribution in [3.05, 3.63) is 22.4 Å². The number of nitrogens with one attached hydrogen (secondary N) is 1. The first kappa shape index (κ1) is 16.0. The van der Waals surface area contributed by atoms with E-state index >= 15 is 0 Å². The number of hydrogen-bond acceptors (Lipinski definition) is 4. The molecule has 0 radical (unpaired) electrons. The summed E-state index contributed by atoms with van der Waals surface area (Å²) < 4.78 is 5.25. The van der Waals surface area contributed by atoms with Crippen LogP contribution in [0.2, 0.25) is 0 Å². The number of methoxy groups -OCH3 is 1. The molecule has 1 aromatic rings. The normalized spacial score (nSPS) is 18.4. The highest BCUT2D eigenvalue weighted by Gasteiger charge is 2.31. The van der Waals surface area contributed by atoms with Gasteiger partial charge in [0.15, 0.2) is 0 Å². The third-order valence-corrected chi connectivity index (χ3v) is 5.34. The topological polar surface area (TPSA) is 24.5 Å². The maximum Gasteiger partial charge on any atom is 0.0589 e. The molecule has 1 fully saturated rings. The predicted molar refractivity (Wildman–Crippen MR) is 86.4 cm³/mol. The van der Waals surface area contributed by atoms with Gasteiger partial charge < -0.3 is 10.1 Å². The molecule has 0 amide bonds. The Bertz CT molecular complexity index is 365. The summed E-state index contributed by atoms with van der Waals surface area (Å²) in [6, 6.07) is 5.48. The zero-order valence-electron chi connectivity index (χ0n) is 13.0. The molecule has 3 nitrogen and oxygen atoms in total. The summed E-state index contributed by atoms with van der Waals surface area (Å²) in [5.74, 6) is 0.918. The number of nitrogens with zero attached hydrogens (tertiary/aromatic N) is 1. The molecule has 2 atom stereocenters. The minimum Gasteiger partial charge on any atom is -0.383 e. The van der Waals surface area contributed by atoms with Crippen molar-refractivity contribution in [3.63, 3.8) is 0 Å². The van der Waals surface area contributed by atoms with Gasteiger partial charge in [-0.15, -0.1) is 11.3 Å². The van der Waals surface area contributed by atoms with Gasteiger partial charge in [-0.3, -0.25) is 4.90 Å². The molecule has 1 N–H and O–H groups in total. The van der Waals surface area contributed by atoms with Crippen molar-refractivity contribution in [3.8, 4) is 0 Å². The van der Waals surface area contributed by atoms with E-state index in [1.165, 1.54) is 17.7 Å². The lowest BCUT2D eigenvalue weighted by Crippen LogP contribution is -2.41. The van der Waals surface area contributed by atoms with Crippen molar-refractivity contribution in [2.45, 2.75) is 38.8 Å². The van der Waals surface area contributed by atoms with Crippen LogP contribution in [0, 0.1) is 5.92 Å². The minimum atomic E-state index is 0.454. The van der Waals surface area contributed by atoms with Crippen LogP contribution in [0.1, 0.15) is 37.6 Å². The van der Waals surface area contributed by atoms with Gasteiger partial charge in [0.05, 0.1) is 6.61 Å². The molecule has 0 saturated heterocycles. The van der Waals surface area contributed by atoms with Crippen molar-refractivity contribution in [1.82, 2.24) is 10.2 Å². The van der Waals surface area contributed by atoms with E-state index < -0.39 is 0 Å². The average Bonchev–Trinajstić information content (AvgIpc) is 3.16. The van der Waals surface area contributed by atoms with E-state index in [9.17, 15) is 0 Å². The molecule has 0 bridgehead atoms. The average molecular weight is 296 g/mol. The second-order valence-corrected chi connectivity index (χ2v) is 6.78. The lowest BCUT2D eigenvalue weighted by atomic mass is 10.2. The number of thiophene rings is 1. The third-order valence-electron chi connectivity index (χ3n) is 4.28. The fourth-order valence-corrected chi connectivity index (χ4v) is 3.43. The van der Waals surface area contributed by atoms with Crippen molar-refractivity contribution in [2.24, 2.45) is 5.92 Å². The highest BCUT2D eigenvalue weighted by molar-refractivity contribution is 7.10. The summed E-state index contributed by atoms with van der Waals surface area (Å²) in [6.45, 7) is 8.64. The summed E-state index contributed by atoms with van der Waals surface area (Å²) in [4.78, 5) is 4.00. The Hall–Kier alpha value is -0.420. The zero-order chi connectivity index (χ0) is 14.4. The van der Waals surface area contributed by atoms with Crippen molar-refractivity contribution in [1.29, 1.82) is 0 Å². The van der Waals surface area contributed by atoms with Crippen LogP contribution >= 0.6 is 11.3 Å². The van der Waals surface area contributed by atoms with Gasteiger partial charge in [0.25, 0.3) is 0 Å². The predicted octanol–water partition coefficient (Wildman–Crippen LogP) is 3.15. The molecular weight excluding hydrogens is 268 g/mol. The first-order valence-electron chi connectivity index (χ1n) is 7.72. The Labute approximate surface area is 127 Å². The minimum absolute atomic E-state index is 0.454. The van der Waals surface area contributed by atoms with Gasteiger partial charge in [-0.1, -0.05) is 6.07 Å². The molecule has 1 saturated carbocycles. The molecule has 114 valence electrons. The first-order valence-corrected chi connectivity index (χ1v) is 8.60. The molecular formula is C16H28N2OS.